The first-order chi connectivity index (χ1) is 46.7. The number of aliphatic hydroxyl groups is 5. The van der Waals surface area contributed by atoms with Gasteiger partial charge in [-0.3, -0.25) is 19.2 Å². The quantitative estimate of drug-likeness (QED) is 0.0714. The molecule has 21 nitrogen and oxygen atoms in total. The van der Waals surface area contributed by atoms with E-state index >= 15 is 0 Å². The van der Waals surface area contributed by atoms with Crippen LogP contribution in [0.4, 0.5) is 14.4 Å². The molecular formula is C73H108AcCl2O21S3. The Balaban J connectivity index is 0.000000173. The van der Waals surface area contributed by atoms with E-state index in [0.717, 1.165) is 69.6 Å². The predicted octanol–water partition coefficient (Wildman–Crippen LogP) is 12.1. The standard InChI is InChI=1S/2C24H34O7S.C23H36O6S.CCl2O.CH4.Ac/c2*1-11-8-15-23(27,10-28-15)17-19-24(30-20(26)29-19)9-14(31-32-7)12(2)16(21(24,4)5)13(3)18(25)22(11,17)6;1-11-8-15-22(26,10-28-15)17-19(25)23(27)9-14(29-30-7)12(2)16(20(23,4)5)13(3)18(24)21(11,17)6;2-1(3)4;;/h2*11,13-15,17,19,27H,8-10H2,1-7H3;11,13-15,17,19,25-27H,8-10H2,1-7H3;;1H4;/t2*11-,13+,14-,15+,17-,19-,22+,23-,24+;11-,13+,14-,15+,17-,19-,21+,22-,23+;;;/m000.../s1/i3*7T;;;. The number of Topliss-reactive ketones (excluding diaryl/α,β-unsaturated/α-hetero) is 3. The number of ether oxygens (including phenoxy) is 7. The number of hydrogen-bond donors (Lipinski definition) is 5. The monoisotopic (exact) mass is 1720 g/mol. The van der Waals surface area contributed by atoms with E-state index < -0.39 is 174 Å². The Hall–Kier alpha value is -0.928. The maximum Gasteiger partial charge on any atom is 0.509 e. The van der Waals surface area contributed by atoms with Gasteiger partial charge in [-0.2, -0.15) is 0 Å². The number of fused-ring (bicyclic) bond motifs is 15. The smallest absolute Gasteiger partial charge is 0.426 e. The third kappa shape index (κ3) is 11.1. The molecule has 1 radical (unpaired) electrons. The van der Waals surface area contributed by atoms with Crippen molar-refractivity contribution in [1.29, 1.82) is 0 Å². The van der Waals surface area contributed by atoms with Crippen LogP contribution in [0, 0.1) is 130 Å². The zero-order valence-electron chi connectivity index (χ0n) is 63.2. The van der Waals surface area contributed by atoms with Crippen LogP contribution in [0.25, 0.3) is 0 Å². The normalized spacial score (nSPS) is 49.3. The first kappa shape index (κ1) is 78.6. The molecule has 100 heavy (non-hydrogen) atoms. The van der Waals surface area contributed by atoms with Gasteiger partial charge >= 0.3 is 17.0 Å². The average Bonchev–Trinajstić information content (AvgIpc) is 1.67. The molecule has 11 fully saturated rings. The van der Waals surface area contributed by atoms with Crippen LogP contribution in [0.5, 0.6) is 0 Å². The molecule has 5 aliphatic heterocycles. The van der Waals surface area contributed by atoms with Crippen molar-refractivity contribution in [2.24, 2.45) is 85.8 Å². The van der Waals surface area contributed by atoms with Crippen molar-refractivity contribution in [1.82, 2.24) is 0 Å². The van der Waals surface area contributed by atoms with Gasteiger partial charge in [0, 0.05) is 154 Å². The van der Waals surface area contributed by atoms with E-state index in [9.17, 15) is 49.5 Å². The van der Waals surface area contributed by atoms with Crippen LogP contribution in [-0.4, -0.2) is 187 Å². The molecule has 561 valence electrons. The minimum Gasteiger partial charge on any atom is -0.426 e. The van der Waals surface area contributed by atoms with E-state index in [-0.39, 0.29) is 132 Å². The molecule has 5 N–H and O–H groups in total. The second-order valence-electron chi connectivity index (χ2n) is 33.4. The Morgan fingerprint density at radius 3 is 1.07 bits per heavy atom. The van der Waals surface area contributed by atoms with Gasteiger partial charge in [0.25, 0.3) is 0 Å². The number of halogens is 2. The van der Waals surface area contributed by atoms with Crippen LogP contribution in [0.1, 0.15) is 175 Å². The second-order valence-corrected chi connectivity index (χ2v) is 35.5. The Morgan fingerprint density at radius 2 is 0.780 bits per heavy atom. The van der Waals surface area contributed by atoms with Gasteiger partial charge in [0.15, 0.2) is 23.4 Å². The molecular weight excluding hydrogens is 1610 g/mol. The third-order valence-corrected chi connectivity index (χ3v) is 30.0. The summed E-state index contributed by atoms with van der Waals surface area (Å²) < 4.78 is 80.6. The molecule has 5 heterocycles. The minimum atomic E-state index is -1.62. The summed E-state index contributed by atoms with van der Waals surface area (Å²) in [4.78, 5) is 77.5. The molecule has 9 aliphatic carbocycles. The Bertz CT molecular complexity index is 3340. The van der Waals surface area contributed by atoms with Gasteiger partial charge < -0.3 is 71.2 Å². The van der Waals surface area contributed by atoms with Gasteiger partial charge in [-0.15, -0.1) is 0 Å². The maximum atomic E-state index is 14.4. The zero-order valence-corrected chi connectivity index (χ0v) is 68.9. The summed E-state index contributed by atoms with van der Waals surface area (Å²) in [6, 6.07) is 0. The SMILES string of the molecule is C.O=C(Cl)Cl.[3H]CSO[C@H]1C[C@@]2(O)[C@@H](O)[C@@H]3[C@]4(O)CO[C@@H]4C[C@H](C)[C@@]3(C)C(=O)[C@H](C)C(=C1C)C2(C)C.[3H]CSO[C@H]1C[C@@]23OC(=O)O[C@H]2[C@@H]2[C@]4(O)CO[C@@H]4C[C@H](C)[C@@]2(C)C(=O)[C@H](C)C(=C1C)C3(C)C.[3H]CSO[C@H]1C[C@@]23OC(=O)O[C@H]2[C@@H]2[C@]4(O)CO[C@@H]4C[C@H](C)[C@@]2(C)C(=O)[C@H](C)C(=C1C)C3(C)C.[Ac]. The van der Waals surface area contributed by atoms with Gasteiger partial charge in [0.2, 0.25) is 0 Å². The van der Waals surface area contributed by atoms with Gasteiger partial charge in [-0.05, 0) is 151 Å². The van der Waals surface area contributed by atoms with Crippen LogP contribution in [0.3, 0.4) is 0 Å². The van der Waals surface area contributed by atoms with Crippen LogP contribution >= 0.6 is 59.3 Å². The van der Waals surface area contributed by atoms with E-state index in [0.29, 0.717) is 32.1 Å². The van der Waals surface area contributed by atoms with Crippen LogP contribution < -0.4 is 0 Å². The van der Waals surface area contributed by atoms with E-state index in [1.807, 2.05) is 125 Å². The van der Waals surface area contributed by atoms with Crippen LogP contribution in [0.15, 0.2) is 33.4 Å². The molecule has 0 aromatic heterocycles. The van der Waals surface area contributed by atoms with Gasteiger partial charge in [0.05, 0.1) is 62.5 Å². The molecule has 14 aliphatic rings. The van der Waals surface area contributed by atoms with Crippen molar-refractivity contribution < 1.29 is 148 Å². The largest absolute Gasteiger partial charge is 0.509 e. The van der Waals surface area contributed by atoms with Crippen molar-refractivity contribution in [2.75, 3.05) is 38.5 Å². The van der Waals surface area contributed by atoms with Crippen molar-refractivity contribution in [3.8, 4) is 0 Å². The second kappa shape index (κ2) is 27.6. The van der Waals surface area contributed by atoms with Crippen molar-refractivity contribution in [3.63, 3.8) is 0 Å². The number of ketones is 3. The van der Waals surface area contributed by atoms with E-state index in [2.05, 4.69) is 23.2 Å². The summed E-state index contributed by atoms with van der Waals surface area (Å²) in [6.07, 6.45) is -4.68. The summed E-state index contributed by atoms with van der Waals surface area (Å²) in [6.45, 7) is 35.4. The molecule has 27 heteroatoms. The zero-order chi connectivity index (χ0) is 75.0. The molecule has 14 rings (SSSR count). The van der Waals surface area contributed by atoms with Crippen LogP contribution in [0.2, 0.25) is 0 Å². The maximum absolute atomic E-state index is 14.4. The Kier molecular flexibility index (Phi) is 21.7. The molecule has 0 aromatic rings. The minimum absolute atomic E-state index is 0. The molecule has 27 atom stereocenters. The molecule has 5 saturated heterocycles. The van der Waals surface area contributed by atoms with E-state index in [1.165, 1.54) is 0 Å². The summed E-state index contributed by atoms with van der Waals surface area (Å²) in [5.74, 6) is -3.80. The Labute approximate surface area is 653 Å². The summed E-state index contributed by atoms with van der Waals surface area (Å²) in [5.41, 5.74) is -7.62. The first-order valence-electron chi connectivity index (χ1n) is 36.4. The fourth-order valence-electron chi connectivity index (χ4n) is 23.3. The summed E-state index contributed by atoms with van der Waals surface area (Å²) >= 11 is 11.9. The van der Waals surface area contributed by atoms with Crippen LogP contribution in [-0.2, 0) is 60.1 Å². The van der Waals surface area contributed by atoms with Gasteiger partial charge in [-0.25, -0.2) is 9.59 Å². The fraction of sp³-hybridized carbons (Fsp3) is 0.836. The number of rotatable bonds is 6. The van der Waals surface area contributed by atoms with Gasteiger partial charge in [-0.1, -0.05) is 111 Å². The number of carbonyl (C=O) groups excluding carboxylic acids is 6. The van der Waals surface area contributed by atoms with E-state index in [1.54, 1.807) is 0 Å². The summed E-state index contributed by atoms with van der Waals surface area (Å²) in [5, 5.41) is 59.5. The molecule has 6 bridgehead atoms. The van der Waals surface area contributed by atoms with Gasteiger partial charge in [0.1, 0.15) is 39.8 Å². The number of aliphatic hydroxyl groups excluding tert-OH is 1. The molecule has 0 unspecified atom stereocenters. The number of hydrogen-bond acceptors (Lipinski definition) is 24. The Morgan fingerprint density at radius 1 is 0.500 bits per heavy atom. The van der Waals surface area contributed by atoms with Crippen molar-refractivity contribution in [3.05, 3.63) is 33.4 Å². The third-order valence-electron chi connectivity index (χ3n) is 28.9. The molecule has 6 saturated carbocycles. The molecule has 0 amide bonds. The fourth-order valence-corrected chi connectivity index (χ4v) is 24.4. The molecule has 0 aromatic carbocycles. The topological polar surface area (TPSA) is 296 Å². The number of carbonyl (C=O) groups is 6. The predicted molar refractivity (Wildman–Crippen MR) is 374 cm³/mol. The average molecular weight is 1720 g/mol. The first-order valence-corrected chi connectivity index (χ1v) is 37.8. The van der Waals surface area contributed by atoms with E-state index in [4.69, 9.17) is 54.6 Å². The van der Waals surface area contributed by atoms with Crippen molar-refractivity contribution >= 4 is 93.7 Å². The molecule has 2 spiro atoms. The van der Waals surface area contributed by atoms with Crippen molar-refractivity contribution in [2.45, 2.75) is 259 Å². The summed E-state index contributed by atoms with van der Waals surface area (Å²) in [7, 11) is 0.